The number of nitriles is 1. The Labute approximate surface area is 160 Å². The topological polar surface area (TPSA) is 106 Å². The summed E-state index contributed by atoms with van der Waals surface area (Å²) in [6, 6.07) is 6.63. The number of hydrogen-bond donors (Lipinski definition) is 3. The molecular formula is C18H20N8S. The number of aryl methyl sites for hydroxylation is 1. The molecule has 3 N–H and O–H groups in total. The molecule has 0 radical (unpaired) electrons. The second kappa shape index (κ2) is 6.48. The van der Waals surface area contributed by atoms with Crippen LogP contribution in [0.4, 0.5) is 17.6 Å². The first kappa shape index (κ1) is 16.5. The van der Waals surface area contributed by atoms with Gasteiger partial charge in [0.05, 0.1) is 16.3 Å². The van der Waals surface area contributed by atoms with Gasteiger partial charge in [0.2, 0.25) is 5.95 Å². The fraction of sp³-hybridized carbons (Fsp3) is 0.444. The van der Waals surface area contributed by atoms with E-state index in [0.29, 0.717) is 30.2 Å². The number of likely N-dealkylation sites (tertiary alicyclic amines) is 1. The number of anilines is 3. The third kappa shape index (κ3) is 3.11. The summed E-state index contributed by atoms with van der Waals surface area (Å²) in [5.41, 5.74) is 1.94. The molecule has 1 saturated heterocycles. The van der Waals surface area contributed by atoms with Crippen LogP contribution in [0.2, 0.25) is 0 Å². The second-order valence-electron chi connectivity index (χ2n) is 7.26. The van der Waals surface area contributed by atoms with Gasteiger partial charge in [0.25, 0.3) is 0 Å². The van der Waals surface area contributed by atoms with Gasteiger partial charge in [0.1, 0.15) is 0 Å². The molecule has 1 unspecified atom stereocenters. The van der Waals surface area contributed by atoms with E-state index in [1.165, 1.54) is 0 Å². The molecule has 3 aromatic heterocycles. The van der Waals surface area contributed by atoms with Crippen molar-refractivity contribution in [3.63, 3.8) is 0 Å². The molecule has 2 aliphatic rings. The number of aromatic nitrogens is 4. The van der Waals surface area contributed by atoms with Crippen molar-refractivity contribution < 1.29 is 0 Å². The molecule has 0 bridgehead atoms. The van der Waals surface area contributed by atoms with Crippen LogP contribution < -0.4 is 10.6 Å². The van der Waals surface area contributed by atoms with Crippen molar-refractivity contribution in [3.8, 4) is 6.07 Å². The number of fused-ring (bicyclic) bond motifs is 2. The Morgan fingerprint density at radius 2 is 2.22 bits per heavy atom. The molecule has 3 aromatic rings. The fourth-order valence-corrected chi connectivity index (χ4v) is 4.76. The molecule has 0 spiro atoms. The molecule has 0 aromatic carbocycles. The van der Waals surface area contributed by atoms with Crippen LogP contribution in [0.1, 0.15) is 12.1 Å². The van der Waals surface area contributed by atoms with Crippen molar-refractivity contribution in [3.05, 3.63) is 23.2 Å². The zero-order valence-corrected chi connectivity index (χ0v) is 15.8. The molecule has 1 aliphatic heterocycles. The fourth-order valence-electron chi connectivity index (χ4n) is 3.98. The molecule has 5 rings (SSSR count). The Morgan fingerprint density at radius 3 is 2.96 bits per heavy atom. The van der Waals surface area contributed by atoms with Gasteiger partial charge >= 0.3 is 0 Å². The molecule has 8 nitrogen and oxygen atoms in total. The summed E-state index contributed by atoms with van der Waals surface area (Å²) in [5, 5.41) is 24.8. The summed E-state index contributed by atoms with van der Waals surface area (Å²) in [7, 11) is 0. The lowest BCUT2D eigenvalue weighted by molar-refractivity contribution is 0.307. The lowest BCUT2D eigenvalue weighted by Gasteiger charge is -2.18. The highest BCUT2D eigenvalue weighted by Gasteiger charge is 2.55. The molecule has 1 saturated carbocycles. The number of hydrogen-bond acceptors (Lipinski definition) is 8. The number of piperidine rings is 1. The van der Waals surface area contributed by atoms with Crippen LogP contribution in [-0.2, 0) is 0 Å². The van der Waals surface area contributed by atoms with Crippen LogP contribution in [0.25, 0.3) is 10.2 Å². The number of nitrogens with one attached hydrogen (secondary N) is 3. The highest BCUT2D eigenvalue weighted by molar-refractivity contribution is 7.17. The SMILES string of the molecule is Cc1cc(Nc2nc(NC3[C@H]4CN(CCC#N)C[C@@H]34)nc3ccsc23)n[nH]1. The van der Waals surface area contributed by atoms with Gasteiger partial charge in [0, 0.05) is 43.9 Å². The summed E-state index contributed by atoms with van der Waals surface area (Å²) in [4.78, 5) is 11.8. The summed E-state index contributed by atoms with van der Waals surface area (Å²) < 4.78 is 1.03. The number of thiophene rings is 1. The minimum atomic E-state index is 0.430. The third-order valence-corrected chi connectivity index (χ3v) is 6.27. The summed E-state index contributed by atoms with van der Waals surface area (Å²) in [6.45, 7) is 4.97. The van der Waals surface area contributed by atoms with Crippen LogP contribution in [0.5, 0.6) is 0 Å². The molecular weight excluding hydrogens is 360 g/mol. The maximum atomic E-state index is 8.74. The predicted molar refractivity (Wildman–Crippen MR) is 105 cm³/mol. The maximum absolute atomic E-state index is 8.74. The normalized spacial score (nSPS) is 23.9. The van der Waals surface area contributed by atoms with E-state index in [1.807, 2.05) is 24.4 Å². The van der Waals surface area contributed by atoms with Crippen LogP contribution >= 0.6 is 11.3 Å². The van der Waals surface area contributed by atoms with Crippen LogP contribution in [0, 0.1) is 30.1 Å². The van der Waals surface area contributed by atoms with Gasteiger partial charge in [-0.05, 0) is 30.2 Å². The number of H-pyrrole nitrogens is 1. The van der Waals surface area contributed by atoms with Gasteiger partial charge in [-0.15, -0.1) is 11.3 Å². The lowest BCUT2D eigenvalue weighted by atomic mass is 10.3. The highest BCUT2D eigenvalue weighted by Crippen LogP contribution is 2.47. The van der Waals surface area contributed by atoms with E-state index in [-0.39, 0.29) is 0 Å². The van der Waals surface area contributed by atoms with E-state index in [1.54, 1.807) is 11.3 Å². The number of nitrogens with zero attached hydrogens (tertiary/aromatic N) is 5. The van der Waals surface area contributed by atoms with Crippen LogP contribution in [-0.4, -0.2) is 50.7 Å². The van der Waals surface area contributed by atoms with Crippen molar-refractivity contribution >= 4 is 39.1 Å². The van der Waals surface area contributed by atoms with Gasteiger partial charge in [-0.1, -0.05) is 0 Å². The zero-order valence-electron chi connectivity index (χ0n) is 14.9. The van der Waals surface area contributed by atoms with E-state index in [0.717, 1.165) is 47.2 Å². The van der Waals surface area contributed by atoms with Crippen molar-refractivity contribution in [1.82, 2.24) is 25.1 Å². The smallest absolute Gasteiger partial charge is 0.225 e. The second-order valence-corrected chi connectivity index (χ2v) is 8.17. The van der Waals surface area contributed by atoms with Crippen molar-refractivity contribution in [2.45, 2.75) is 19.4 Å². The largest absolute Gasteiger partial charge is 0.351 e. The van der Waals surface area contributed by atoms with Crippen molar-refractivity contribution in [2.24, 2.45) is 11.8 Å². The highest BCUT2D eigenvalue weighted by atomic mass is 32.1. The van der Waals surface area contributed by atoms with Crippen molar-refractivity contribution in [2.75, 3.05) is 30.3 Å². The Morgan fingerprint density at radius 1 is 1.37 bits per heavy atom. The van der Waals surface area contributed by atoms with E-state index < -0.39 is 0 Å². The minimum Gasteiger partial charge on any atom is -0.351 e. The first-order valence-corrected chi connectivity index (χ1v) is 9.99. The standard InChI is InChI=1S/C18H20N8S/c1-10-7-14(25-24-10)21-17-16-13(3-6-27-16)20-18(23-17)22-15-11-8-26(5-2-4-19)9-12(11)15/h3,6-7,11-12,15H,2,5,8-9H2,1H3,(H3,20,21,22,23,24,25)/t11-,12+,15?. The Bertz CT molecular complexity index is 1010. The molecule has 138 valence electrons. The number of aromatic amines is 1. The molecule has 4 heterocycles. The Hall–Kier alpha value is -2.70. The first-order valence-electron chi connectivity index (χ1n) is 9.11. The maximum Gasteiger partial charge on any atom is 0.225 e. The first-order chi connectivity index (χ1) is 13.2. The van der Waals surface area contributed by atoms with Crippen LogP contribution in [0.15, 0.2) is 17.5 Å². The van der Waals surface area contributed by atoms with Gasteiger partial charge in [-0.2, -0.15) is 15.3 Å². The molecule has 27 heavy (non-hydrogen) atoms. The monoisotopic (exact) mass is 380 g/mol. The average molecular weight is 380 g/mol. The van der Waals surface area contributed by atoms with Crippen molar-refractivity contribution in [1.29, 1.82) is 5.26 Å². The zero-order chi connectivity index (χ0) is 18.4. The molecule has 2 fully saturated rings. The van der Waals surface area contributed by atoms with Gasteiger partial charge < -0.3 is 15.5 Å². The molecule has 1 aliphatic carbocycles. The summed E-state index contributed by atoms with van der Waals surface area (Å²) >= 11 is 1.62. The third-order valence-electron chi connectivity index (χ3n) is 5.36. The Kier molecular flexibility index (Phi) is 3.95. The number of rotatable bonds is 6. The van der Waals surface area contributed by atoms with E-state index >= 15 is 0 Å². The van der Waals surface area contributed by atoms with E-state index in [2.05, 4.69) is 36.8 Å². The van der Waals surface area contributed by atoms with E-state index in [9.17, 15) is 0 Å². The molecule has 9 heteroatoms. The summed E-state index contributed by atoms with van der Waals surface area (Å²) in [6.07, 6.45) is 0.608. The molecule has 3 atom stereocenters. The quantitative estimate of drug-likeness (QED) is 0.604. The predicted octanol–water partition coefficient (Wildman–Crippen LogP) is 2.72. The summed E-state index contributed by atoms with van der Waals surface area (Å²) in [5.74, 6) is 3.47. The lowest BCUT2D eigenvalue weighted by Crippen LogP contribution is -2.29. The van der Waals surface area contributed by atoms with Gasteiger partial charge in [-0.25, -0.2) is 4.98 Å². The van der Waals surface area contributed by atoms with E-state index in [4.69, 9.17) is 10.2 Å². The average Bonchev–Trinajstić information content (AvgIpc) is 3.13. The molecule has 0 amide bonds. The van der Waals surface area contributed by atoms with Gasteiger partial charge in [0.15, 0.2) is 11.6 Å². The van der Waals surface area contributed by atoms with Crippen LogP contribution in [0.3, 0.4) is 0 Å². The van der Waals surface area contributed by atoms with Gasteiger partial charge in [-0.3, -0.25) is 5.10 Å². The minimum absolute atomic E-state index is 0.430. The Balaban J connectivity index is 1.31.